The molecular formula is C51H88O5. The average molecular weight is 781 g/mol. The molecule has 0 aromatic rings. The lowest BCUT2D eigenvalue weighted by atomic mass is 10.1. The molecule has 56 heavy (non-hydrogen) atoms. The van der Waals surface area contributed by atoms with Crippen molar-refractivity contribution in [3.8, 4) is 0 Å². The molecule has 0 aromatic carbocycles. The second kappa shape index (κ2) is 46.7. The molecule has 0 N–H and O–H groups in total. The predicted molar refractivity (Wildman–Crippen MR) is 242 cm³/mol. The molecule has 0 fully saturated rings. The summed E-state index contributed by atoms with van der Waals surface area (Å²) < 4.78 is 17.2. The van der Waals surface area contributed by atoms with E-state index in [1.807, 2.05) is 0 Å². The van der Waals surface area contributed by atoms with Crippen molar-refractivity contribution in [3.63, 3.8) is 0 Å². The fraction of sp³-hybridized carbons (Fsp3) is 0.725. The summed E-state index contributed by atoms with van der Waals surface area (Å²) in [6.45, 7) is 7.62. The smallest absolute Gasteiger partial charge is 0.306 e. The number of rotatable bonds is 42. The summed E-state index contributed by atoms with van der Waals surface area (Å²) in [6.07, 6.45) is 59.0. The first-order valence-electron chi connectivity index (χ1n) is 23.5. The minimum atomic E-state index is -0.554. The van der Waals surface area contributed by atoms with Gasteiger partial charge >= 0.3 is 11.9 Å². The number of allylic oxidation sites excluding steroid dienone is 12. The lowest BCUT2D eigenvalue weighted by Gasteiger charge is -2.18. The number of esters is 2. The maximum Gasteiger partial charge on any atom is 0.306 e. The van der Waals surface area contributed by atoms with Gasteiger partial charge in [-0.1, -0.05) is 184 Å². The molecule has 0 aromatic heterocycles. The van der Waals surface area contributed by atoms with Crippen molar-refractivity contribution in [1.82, 2.24) is 0 Å². The monoisotopic (exact) mass is 781 g/mol. The number of carbonyl (C=O) groups excluding carboxylic acids is 2. The second-order valence-electron chi connectivity index (χ2n) is 15.3. The van der Waals surface area contributed by atoms with Gasteiger partial charge in [-0.2, -0.15) is 0 Å². The quantitative estimate of drug-likeness (QED) is 0.0351. The summed E-state index contributed by atoms with van der Waals surface area (Å²) in [5, 5.41) is 0. The van der Waals surface area contributed by atoms with Crippen LogP contribution in [0.1, 0.15) is 213 Å². The molecule has 0 aliphatic carbocycles. The molecule has 0 radical (unpaired) electrons. The average Bonchev–Trinajstić information content (AvgIpc) is 3.20. The summed E-state index contributed by atoms with van der Waals surface area (Å²) in [6, 6.07) is 0. The summed E-state index contributed by atoms with van der Waals surface area (Å²) in [4.78, 5) is 25.2. The van der Waals surface area contributed by atoms with Crippen LogP contribution in [0.25, 0.3) is 0 Å². The zero-order chi connectivity index (χ0) is 40.7. The topological polar surface area (TPSA) is 61.8 Å². The van der Waals surface area contributed by atoms with Gasteiger partial charge in [0.2, 0.25) is 0 Å². The molecule has 0 rings (SSSR count). The third-order valence-electron chi connectivity index (χ3n) is 9.73. The Morgan fingerprint density at radius 2 is 0.804 bits per heavy atom. The van der Waals surface area contributed by atoms with Crippen molar-refractivity contribution >= 4 is 11.9 Å². The van der Waals surface area contributed by atoms with Gasteiger partial charge in [0.1, 0.15) is 6.61 Å². The maximum absolute atomic E-state index is 12.7. The standard InChI is InChI=1S/C51H88O5/c1-4-7-10-13-16-19-21-23-24-25-26-27-28-30-31-33-35-38-41-44-50(52)55-48-49(47-54-46-43-40-37-18-15-12-9-6-3)56-51(53)45-42-39-36-34-32-29-22-20-17-14-11-8-5-2/h8,11,16-17,19-20,23-24,26-27,29,32,49H,4-7,9-10,12-15,18,21-22,25,28,30-31,33-48H2,1-3H3/b11-8-,19-16-,20-17-,24-23-,27-26-,32-29-. The summed E-state index contributed by atoms with van der Waals surface area (Å²) >= 11 is 0. The SMILES string of the molecule is CC/C=C\C/C=C\C/C=C\CCCCCC(=O)OC(COCCCCCCCCCC)COC(=O)CCCCCCCC/C=C\C/C=C\C/C=C\CCCCC. The van der Waals surface area contributed by atoms with Gasteiger partial charge in [0.05, 0.1) is 6.61 Å². The lowest BCUT2D eigenvalue weighted by Crippen LogP contribution is -2.30. The van der Waals surface area contributed by atoms with E-state index in [1.54, 1.807) is 0 Å². The third-order valence-corrected chi connectivity index (χ3v) is 9.73. The van der Waals surface area contributed by atoms with E-state index in [4.69, 9.17) is 14.2 Å². The van der Waals surface area contributed by atoms with E-state index in [0.717, 1.165) is 96.3 Å². The number of carbonyl (C=O) groups is 2. The highest BCUT2D eigenvalue weighted by molar-refractivity contribution is 5.70. The van der Waals surface area contributed by atoms with Crippen molar-refractivity contribution in [3.05, 3.63) is 72.9 Å². The van der Waals surface area contributed by atoms with E-state index in [0.29, 0.717) is 19.4 Å². The van der Waals surface area contributed by atoms with Crippen LogP contribution >= 0.6 is 0 Å². The van der Waals surface area contributed by atoms with Gasteiger partial charge < -0.3 is 14.2 Å². The van der Waals surface area contributed by atoms with Gasteiger partial charge in [-0.15, -0.1) is 0 Å². The summed E-state index contributed by atoms with van der Waals surface area (Å²) in [5.74, 6) is -0.448. The van der Waals surface area contributed by atoms with E-state index in [2.05, 4.69) is 93.7 Å². The highest BCUT2D eigenvalue weighted by atomic mass is 16.6. The Labute approximate surface area is 347 Å². The Morgan fingerprint density at radius 1 is 0.411 bits per heavy atom. The van der Waals surface area contributed by atoms with E-state index >= 15 is 0 Å². The first-order valence-corrected chi connectivity index (χ1v) is 23.5. The van der Waals surface area contributed by atoms with Gasteiger partial charge in [-0.3, -0.25) is 9.59 Å². The van der Waals surface area contributed by atoms with Crippen LogP contribution in [0.4, 0.5) is 0 Å². The fourth-order valence-corrected chi connectivity index (χ4v) is 6.24. The van der Waals surface area contributed by atoms with Gasteiger partial charge in [-0.25, -0.2) is 0 Å². The van der Waals surface area contributed by atoms with Crippen molar-refractivity contribution in [1.29, 1.82) is 0 Å². The molecule has 0 heterocycles. The number of hydrogen-bond acceptors (Lipinski definition) is 5. The first kappa shape index (κ1) is 53.3. The summed E-state index contributed by atoms with van der Waals surface area (Å²) in [5.41, 5.74) is 0. The van der Waals surface area contributed by atoms with Crippen LogP contribution in [0.3, 0.4) is 0 Å². The van der Waals surface area contributed by atoms with Crippen molar-refractivity contribution in [2.45, 2.75) is 219 Å². The minimum absolute atomic E-state index is 0.0651. The van der Waals surface area contributed by atoms with Gasteiger partial charge in [0.25, 0.3) is 0 Å². The predicted octanol–water partition coefficient (Wildman–Crippen LogP) is 15.6. The number of hydrogen-bond donors (Lipinski definition) is 0. The molecule has 1 unspecified atom stereocenters. The van der Waals surface area contributed by atoms with Crippen molar-refractivity contribution in [2.75, 3.05) is 19.8 Å². The Balaban J connectivity index is 4.23. The molecule has 5 heteroatoms. The first-order chi connectivity index (χ1) is 27.6. The minimum Gasteiger partial charge on any atom is -0.462 e. The molecule has 322 valence electrons. The van der Waals surface area contributed by atoms with Crippen LogP contribution < -0.4 is 0 Å². The fourth-order valence-electron chi connectivity index (χ4n) is 6.24. The number of ether oxygens (including phenoxy) is 3. The zero-order valence-electron chi connectivity index (χ0n) is 36.9. The third kappa shape index (κ3) is 44.1. The molecule has 0 saturated heterocycles. The normalized spacial score (nSPS) is 12.8. The van der Waals surface area contributed by atoms with Crippen LogP contribution in [-0.2, 0) is 23.8 Å². The molecule has 0 amide bonds. The Bertz CT molecular complexity index is 1020. The molecule has 0 aliphatic rings. The van der Waals surface area contributed by atoms with Gasteiger partial charge in [0.15, 0.2) is 6.10 Å². The second-order valence-corrected chi connectivity index (χ2v) is 15.3. The molecule has 5 nitrogen and oxygen atoms in total. The van der Waals surface area contributed by atoms with Gasteiger partial charge in [-0.05, 0) is 89.9 Å². The summed E-state index contributed by atoms with van der Waals surface area (Å²) in [7, 11) is 0. The number of unbranched alkanes of at least 4 members (excludes halogenated alkanes) is 19. The van der Waals surface area contributed by atoms with Crippen LogP contribution in [-0.4, -0.2) is 37.9 Å². The highest BCUT2D eigenvalue weighted by Gasteiger charge is 2.17. The van der Waals surface area contributed by atoms with Crippen LogP contribution in [0.5, 0.6) is 0 Å². The van der Waals surface area contributed by atoms with Crippen LogP contribution in [0.2, 0.25) is 0 Å². The van der Waals surface area contributed by atoms with E-state index in [-0.39, 0.29) is 25.2 Å². The molecule has 1 atom stereocenters. The van der Waals surface area contributed by atoms with Crippen LogP contribution in [0, 0.1) is 0 Å². The lowest BCUT2D eigenvalue weighted by molar-refractivity contribution is -0.163. The molecule has 0 saturated carbocycles. The molecular weight excluding hydrogens is 693 g/mol. The van der Waals surface area contributed by atoms with E-state index in [9.17, 15) is 9.59 Å². The van der Waals surface area contributed by atoms with Crippen molar-refractivity contribution < 1.29 is 23.8 Å². The Hall–Kier alpha value is -2.66. The molecule has 0 spiro atoms. The van der Waals surface area contributed by atoms with Crippen molar-refractivity contribution in [2.24, 2.45) is 0 Å². The zero-order valence-corrected chi connectivity index (χ0v) is 36.9. The van der Waals surface area contributed by atoms with E-state index < -0.39 is 6.10 Å². The highest BCUT2D eigenvalue weighted by Crippen LogP contribution is 2.12. The molecule has 0 aliphatic heterocycles. The Kier molecular flexibility index (Phi) is 44.5. The van der Waals surface area contributed by atoms with Gasteiger partial charge in [0, 0.05) is 19.4 Å². The van der Waals surface area contributed by atoms with E-state index in [1.165, 1.54) is 83.5 Å². The largest absolute Gasteiger partial charge is 0.462 e. The molecule has 0 bridgehead atoms. The van der Waals surface area contributed by atoms with Crippen LogP contribution in [0.15, 0.2) is 72.9 Å². The Morgan fingerprint density at radius 3 is 1.34 bits per heavy atom. The maximum atomic E-state index is 12.7.